The number of amides is 1. The molecule has 0 aliphatic heterocycles. The zero-order valence-corrected chi connectivity index (χ0v) is 18.0. The smallest absolute Gasteiger partial charge is 0.261 e. The number of anilines is 1. The van der Waals surface area contributed by atoms with Crippen LogP contribution >= 0.6 is 0 Å². The first-order valence-electron chi connectivity index (χ1n) is 10.1. The minimum absolute atomic E-state index is 0.0909. The summed E-state index contributed by atoms with van der Waals surface area (Å²) in [6, 6.07) is 20.5. The summed E-state index contributed by atoms with van der Waals surface area (Å²) in [5.74, 6) is 0.568. The van der Waals surface area contributed by atoms with E-state index in [1.54, 1.807) is 49.6 Å². The van der Waals surface area contributed by atoms with Gasteiger partial charge in [-0.3, -0.25) is 9.52 Å². The highest BCUT2D eigenvalue weighted by molar-refractivity contribution is 7.92. The lowest BCUT2D eigenvalue weighted by Crippen LogP contribution is -2.31. The van der Waals surface area contributed by atoms with Crippen LogP contribution in [0.15, 0.2) is 77.7 Å². The molecule has 1 amide bonds. The average Bonchev–Trinajstić information content (AvgIpc) is 2.79. The van der Waals surface area contributed by atoms with Gasteiger partial charge in [0.1, 0.15) is 5.75 Å². The van der Waals surface area contributed by atoms with Gasteiger partial charge in [0, 0.05) is 11.3 Å². The molecule has 4 rings (SSSR count). The summed E-state index contributed by atoms with van der Waals surface area (Å²) >= 11 is 0. The molecule has 0 aromatic heterocycles. The molecule has 0 heterocycles. The van der Waals surface area contributed by atoms with Crippen LogP contribution in [0.2, 0.25) is 0 Å². The lowest BCUT2D eigenvalue weighted by Gasteiger charge is -2.27. The van der Waals surface area contributed by atoms with Gasteiger partial charge in [-0.1, -0.05) is 30.3 Å². The van der Waals surface area contributed by atoms with Crippen LogP contribution in [-0.2, 0) is 16.4 Å². The Labute approximate surface area is 182 Å². The number of carbonyl (C=O) groups is 1. The van der Waals surface area contributed by atoms with E-state index in [2.05, 4.69) is 10.0 Å². The predicted octanol–water partition coefficient (Wildman–Crippen LogP) is 4.30. The Balaban J connectivity index is 1.51. The van der Waals surface area contributed by atoms with Gasteiger partial charge in [-0.2, -0.15) is 0 Å². The molecule has 0 unspecified atom stereocenters. The largest absolute Gasteiger partial charge is 0.497 e. The monoisotopic (exact) mass is 436 g/mol. The van der Waals surface area contributed by atoms with Crippen molar-refractivity contribution in [3.05, 3.63) is 89.5 Å². The second kappa shape index (κ2) is 8.81. The first kappa shape index (κ1) is 20.9. The van der Waals surface area contributed by atoms with Crippen molar-refractivity contribution in [1.82, 2.24) is 5.32 Å². The normalized spacial score (nSPS) is 15.6. The maximum absolute atomic E-state index is 12.9. The van der Waals surface area contributed by atoms with Crippen molar-refractivity contribution in [1.29, 1.82) is 0 Å². The average molecular weight is 437 g/mol. The highest BCUT2D eigenvalue weighted by atomic mass is 32.2. The number of benzene rings is 3. The molecular weight excluding hydrogens is 412 g/mol. The quantitative estimate of drug-likeness (QED) is 0.603. The number of hydrogen-bond donors (Lipinski definition) is 2. The second-order valence-corrected chi connectivity index (χ2v) is 9.16. The summed E-state index contributed by atoms with van der Waals surface area (Å²) in [5, 5.41) is 3.09. The van der Waals surface area contributed by atoms with Crippen molar-refractivity contribution in [2.45, 2.75) is 30.2 Å². The summed E-state index contributed by atoms with van der Waals surface area (Å²) in [6.07, 6.45) is 2.78. The van der Waals surface area contributed by atoms with Crippen LogP contribution in [0.3, 0.4) is 0 Å². The molecule has 0 radical (unpaired) electrons. The van der Waals surface area contributed by atoms with E-state index in [0.717, 1.165) is 30.6 Å². The molecule has 0 spiro atoms. The molecule has 3 aromatic carbocycles. The first-order chi connectivity index (χ1) is 15.0. The molecule has 1 atom stereocenters. The van der Waals surface area contributed by atoms with Crippen LogP contribution < -0.4 is 14.8 Å². The Morgan fingerprint density at radius 3 is 2.58 bits per heavy atom. The number of fused-ring (bicyclic) bond motifs is 1. The Morgan fingerprint density at radius 1 is 1.00 bits per heavy atom. The molecular formula is C24H24N2O4S. The van der Waals surface area contributed by atoms with E-state index in [9.17, 15) is 13.2 Å². The summed E-state index contributed by atoms with van der Waals surface area (Å²) in [6.45, 7) is 0. The molecule has 3 aromatic rings. The number of ether oxygens (including phenoxy) is 1. The van der Waals surface area contributed by atoms with Crippen LogP contribution in [-0.4, -0.2) is 21.4 Å². The summed E-state index contributed by atoms with van der Waals surface area (Å²) < 4.78 is 33.0. The summed E-state index contributed by atoms with van der Waals surface area (Å²) in [4.78, 5) is 13.1. The topological polar surface area (TPSA) is 84.5 Å². The van der Waals surface area contributed by atoms with Crippen LogP contribution in [0.1, 0.15) is 40.4 Å². The van der Waals surface area contributed by atoms with E-state index >= 15 is 0 Å². The van der Waals surface area contributed by atoms with Crippen LogP contribution in [0.5, 0.6) is 5.75 Å². The molecule has 6 nitrogen and oxygen atoms in total. The zero-order chi connectivity index (χ0) is 21.8. The lowest BCUT2D eigenvalue weighted by molar-refractivity contribution is 0.0932. The third-order valence-corrected chi connectivity index (χ3v) is 6.80. The lowest BCUT2D eigenvalue weighted by atomic mass is 9.87. The van der Waals surface area contributed by atoms with Crippen molar-refractivity contribution >= 4 is 21.6 Å². The molecule has 7 heteroatoms. The Hall–Kier alpha value is -3.32. The maximum atomic E-state index is 12.9. The molecule has 2 N–H and O–H groups in total. The molecule has 1 aliphatic carbocycles. The number of sulfonamides is 1. The molecule has 1 aliphatic rings. The minimum Gasteiger partial charge on any atom is -0.497 e. The van der Waals surface area contributed by atoms with Gasteiger partial charge in [0.2, 0.25) is 0 Å². The Kier molecular flexibility index (Phi) is 5.95. The number of carbonyl (C=O) groups excluding carboxylic acids is 1. The van der Waals surface area contributed by atoms with E-state index in [1.807, 2.05) is 18.2 Å². The van der Waals surface area contributed by atoms with Crippen LogP contribution in [0.25, 0.3) is 0 Å². The molecule has 0 bridgehead atoms. The van der Waals surface area contributed by atoms with Crippen molar-refractivity contribution in [2.24, 2.45) is 0 Å². The summed E-state index contributed by atoms with van der Waals surface area (Å²) in [7, 11) is -2.08. The van der Waals surface area contributed by atoms with Crippen molar-refractivity contribution in [3.8, 4) is 5.75 Å². The molecule has 31 heavy (non-hydrogen) atoms. The fourth-order valence-electron chi connectivity index (χ4n) is 3.85. The van der Waals surface area contributed by atoms with Gasteiger partial charge >= 0.3 is 0 Å². The fourth-order valence-corrected chi connectivity index (χ4v) is 4.92. The maximum Gasteiger partial charge on any atom is 0.261 e. The number of nitrogens with one attached hydrogen (secondary N) is 2. The van der Waals surface area contributed by atoms with Crippen LogP contribution in [0.4, 0.5) is 5.69 Å². The first-order valence-corrected chi connectivity index (χ1v) is 11.6. The molecule has 0 fully saturated rings. The van der Waals surface area contributed by atoms with Gasteiger partial charge in [0.25, 0.3) is 15.9 Å². The van der Waals surface area contributed by atoms with Crippen molar-refractivity contribution < 1.29 is 17.9 Å². The Bertz CT molecular complexity index is 1190. The number of aryl methyl sites for hydroxylation is 1. The third-order valence-electron chi connectivity index (χ3n) is 5.40. The number of hydrogen-bond acceptors (Lipinski definition) is 4. The van der Waals surface area contributed by atoms with Gasteiger partial charge in [-0.15, -0.1) is 0 Å². The van der Waals surface area contributed by atoms with Gasteiger partial charge in [0.15, 0.2) is 0 Å². The van der Waals surface area contributed by atoms with Gasteiger partial charge in [-0.05, 0) is 72.9 Å². The third kappa shape index (κ3) is 4.72. The highest BCUT2D eigenvalue weighted by Crippen LogP contribution is 2.32. The van der Waals surface area contributed by atoms with E-state index in [4.69, 9.17) is 4.74 Å². The SMILES string of the molecule is COc1ccc2c(c1)CCC[C@@H]2NC(=O)c1cccc(NS(=O)(=O)c2ccccc2)c1. The van der Waals surface area contributed by atoms with Crippen molar-refractivity contribution in [3.63, 3.8) is 0 Å². The van der Waals surface area contributed by atoms with E-state index in [0.29, 0.717) is 11.3 Å². The second-order valence-electron chi connectivity index (χ2n) is 7.48. The Morgan fingerprint density at radius 2 is 1.81 bits per heavy atom. The van der Waals surface area contributed by atoms with E-state index in [-0.39, 0.29) is 16.8 Å². The highest BCUT2D eigenvalue weighted by Gasteiger charge is 2.23. The molecule has 0 saturated heterocycles. The predicted molar refractivity (Wildman–Crippen MR) is 120 cm³/mol. The zero-order valence-electron chi connectivity index (χ0n) is 17.2. The van der Waals surface area contributed by atoms with Gasteiger partial charge in [0.05, 0.1) is 18.0 Å². The van der Waals surface area contributed by atoms with Gasteiger partial charge in [-0.25, -0.2) is 8.42 Å². The van der Waals surface area contributed by atoms with Crippen LogP contribution in [0, 0.1) is 0 Å². The fraction of sp³-hybridized carbons (Fsp3) is 0.208. The van der Waals surface area contributed by atoms with Gasteiger partial charge < -0.3 is 10.1 Å². The van der Waals surface area contributed by atoms with E-state index in [1.165, 1.54) is 17.7 Å². The number of methoxy groups -OCH3 is 1. The standard InChI is InChI=1S/C24H24N2O4S/c1-30-20-13-14-22-17(16-20)7-6-12-23(22)25-24(27)18-8-5-9-19(15-18)26-31(28,29)21-10-3-2-4-11-21/h2-5,8-11,13-16,23,26H,6-7,12H2,1H3,(H,25,27)/t23-/m0/s1. The number of rotatable bonds is 6. The summed E-state index contributed by atoms with van der Waals surface area (Å²) in [5.41, 5.74) is 3.01. The minimum atomic E-state index is -3.72. The molecule has 0 saturated carbocycles. The van der Waals surface area contributed by atoms with E-state index < -0.39 is 10.0 Å². The van der Waals surface area contributed by atoms with Crippen molar-refractivity contribution in [2.75, 3.05) is 11.8 Å². The molecule has 160 valence electrons.